The number of rotatable bonds is 5. The van der Waals surface area contributed by atoms with Gasteiger partial charge in [-0.1, -0.05) is 93.6 Å². The zero-order valence-electron chi connectivity index (χ0n) is 21.2. The van der Waals surface area contributed by atoms with Gasteiger partial charge in [0.2, 0.25) is 5.78 Å². The Morgan fingerprint density at radius 2 is 1.51 bits per heavy atom. The second-order valence-electron chi connectivity index (χ2n) is 10.2. The largest absolute Gasteiger partial charge is 0.503 e. The van der Waals surface area contributed by atoms with Gasteiger partial charge in [-0.15, -0.1) is 11.3 Å². The topological polar surface area (TPSA) is 70.5 Å². The average molecular weight is 509 g/mol. The molecule has 0 radical (unpaired) electrons. The van der Waals surface area contributed by atoms with Gasteiger partial charge in [0.1, 0.15) is 5.01 Å². The fraction of sp³-hybridized carbons (Fsp3) is 0.194. The van der Waals surface area contributed by atoms with Crippen molar-refractivity contribution in [3.8, 4) is 10.6 Å². The van der Waals surface area contributed by atoms with E-state index in [1.165, 1.54) is 16.2 Å². The molecule has 1 N–H and O–H groups in total. The number of hydrogen-bond acceptors (Lipinski definition) is 5. The van der Waals surface area contributed by atoms with Crippen molar-refractivity contribution in [1.29, 1.82) is 0 Å². The van der Waals surface area contributed by atoms with Gasteiger partial charge in [-0.2, -0.15) is 0 Å². The highest BCUT2D eigenvalue weighted by atomic mass is 32.1. The number of nitrogens with zero attached hydrogens (tertiary/aromatic N) is 2. The molecule has 4 aromatic rings. The number of aryl methyl sites for hydroxylation is 1. The second kappa shape index (κ2) is 9.45. The van der Waals surface area contributed by atoms with Gasteiger partial charge >= 0.3 is 0 Å². The highest BCUT2D eigenvalue weighted by Crippen LogP contribution is 2.43. The summed E-state index contributed by atoms with van der Waals surface area (Å²) in [6.07, 6.45) is 0. The van der Waals surface area contributed by atoms with Crippen LogP contribution in [0.25, 0.3) is 10.6 Å². The van der Waals surface area contributed by atoms with Gasteiger partial charge in [0.15, 0.2) is 5.76 Å². The highest BCUT2D eigenvalue weighted by molar-refractivity contribution is 7.17. The lowest BCUT2D eigenvalue weighted by Gasteiger charge is -2.28. The van der Waals surface area contributed by atoms with Crippen molar-refractivity contribution in [2.75, 3.05) is 4.90 Å². The van der Waals surface area contributed by atoms with Crippen LogP contribution in [0, 0.1) is 6.92 Å². The molecule has 1 aromatic heterocycles. The number of benzene rings is 3. The van der Waals surface area contributed by atoms with Crippen LogP contribution < -0.4 is 4.90 Å². The number of carbonyl (C=O) groups excluding carboxylic acids is 2. The normalized spacial score (nSPS) is 15.9. The number of aromatic nitrogens is 1. The maximum Gasteiger partial charge on any atom is 0.294 e. The molecule has 0 spiro atoms. The van der Waals surface area contributed by atoms with Gasteiger partial charge in [-0.3, -0.25) is 14.5 Å². The molecule has 1 aliphatic rings. The molecule has 2 heterocycles. The first-order valence-electron chi connectivity index (χ1n) is 12.2. The molecule has 0 fully saturated rings. The average Bonchev–Trinajstić information content (AvgIpc) is 3.41. The lowest BCUT2D eigenvalue weighted by molar-refractivity contribution is -0.117. The summed E-state index contributed by atoms with van der Waals surface area (Å²) < 4.78 is 0. The molecule has 37 heavy (non-hydrogen) atoms. The molecule has 0 bridgehead atoms. The fourth-order valence-corrected chi connectivity index (χ4v) is 5.64. The van der Waals surface area contributed by atoms with Gasteiger partial charge in [-0.25, -0.2) is 4.98 Å². The Labute approximate surface area is 220 Å². The van der Waals surface area contributed by atoms with Crippen molar-refractivity contribution in [2.24, 2.45) is 0 Å². The molecule has 6 heteroatoms. The maximum absolute atomic E-state index is 14.0. The van der Waals surface area contributed by atoms with Crippen LogP contribution in [-0.2, 0) is 10.2 Å². The number of carbonyl (C=O) groups is 2. The van der Waals surface area contributed by atoms with Gasteiger partial charge < -0.3 is 5.11 Å². The molecular formula is C31H28N2O3S. The number of aliphatic hydroxyl groups is 1. The maximum atomic E-state index is 14.0. The van der Waals surface area contributed by atoms with Crippen LogP contribution in [0.15, 0.2) is 96.3 Å². The van der Waals surface area contributed by atoms with Crippen molar-refractivity contribution in [3.05, 3.63) is 118 Å². The lowest BCUT2D eigenvalue weighted by atomic mass is 9.87. The van der Waals surface area contributed by atoms with Crippen LogP contribution in [0.5, 0.6) is 0 Å². The molecule has 1 amide bonds. The van der Waals surface area contributed by atoms with E-state index in [1.54, 1.807) is 6.92 Å². The molecule has 1 unspecified atom stereocenters. The Balaban J connectivity index is 1.60. The van der Waals surface area contributed by atoms with Crippen LogP contribution >= 0.6 is 11.3 Å². The Bertz CT molecular complexity index is 1500. The summed E-state index contributed by atoms with van der Waals surface area (Å²) in [6, 6.07) is 26.0. The van der Waals surface area contributed by atoms with Crippen LogP contribution in [0.4, 0.5) is 5.69 Å². The van der Waals surface area contributed by atoms with Gasteiger partial charge in [-0.05, 0) is 35.6 Å². The van der Waals surface area contributed by atoms with Gasteiger partial charge in [0.25, 0.3) is 5.91 Å². The van der Waals surface area contributed by atoms with Crippen molar-refractivity contribution < 1.29 is 14.7 Å². The summed E-state index contributed by atoms with van der Waals surface area (Å²) in [4.78, 5) is 34.0. The fourth-order valence-electron chi connectivity index (χ4n) is 4.61. The van der Waals surface area contributed by atoms with E-state index in [0.29, 0.717) is 16.3 Å². The van der Waals surface area contributed by atoms with E-state index in [2.05, 4.69) is 25.8 Å². The van der Waals surface area contributed by atoms with E-state index in [0.717, 1.165) is 21.7 Å². The number of thiazole rings is 1. The molecule has 0 saturated carbocycles. The lowest BCUT2D eigenvalue weighted by Crippen LogP contribution is -2.31. The monoisotopic (exact) mass is 508 g/mol. The minimum atomic E-state index is -0.761. The predicted molar refractivity (Wildman–Crippen MR) is 148 cm³/mol. The van der Waals surface area contributed by atoms with Crippen LogP contribution in [0.2, 0.25) is 0 Å². The number of amides is 1. The zero-order chi connectivity index (χ0) is 26.3. The molecule has 5 nitrogen and oxygen atoms in total. The van der Waals surface area contributed by atoms with Gasteiger partial charge in [0, 0.05) is 11.3 Å². The van der Waals surface area contributed by atoms with Crippen LogP contribution in [0.3, 0.4) is 0 Å². The third kappa shape index (κ3) is 4.49. The first-order chi connectivity index (χ1) is 17.7. The van der Waals surface area contributed by atoms with E-state index in [9.17, 15) is 14.7 Å². The first kappa shape index (κ1) is 24.7. The number of anilines is 1. The molecule has 1 aliphatic heterocycles. The quantitative estimate of drug-likeness (QED) is 0.289. The first-order valence-corrected chi connectivity index (χ1v) is 13.0. The summed E-state index contributed by atoms with van der Waals surface area (Å²) in [5, 5.41) is 11.8. The summed E-state index contributed by atoms with van der Waals surface area (Å²) in [7, 11) is 0. The Morgan fingerprint density at radius 3 is 2.11 bits per heavy atom. The molecule has 0 saturated heterocycles. The van der Waals surface area contributed by atoms with Crippen LogP contribution in [-0.4, -0.2) is 21.8 Å². The molecule has 5 rings (SSSR count). The van der Waals surface area contributed by atoms with Gasteiger partial charge in [0.05, 0.1) is 22.2 Å². The highest BCUT2D eigenvalue weighted by Gasteiger charge is 2.45. The summed E-state index contributed by atoms with van der Waals surface area (Å²) >= 11 is 1.27. The smallest absolute Gasteiger partial charge is 0.294 e. The number of aliphatic hydroxyl groups excluding tert-OH is 1. The van der Waals surface area contributed by atoms with Crippen LogP contribution in [0.1, 0.15) is 53.3 Å². The summed E-state index contributed by atoms with van der Waals surface area (Å²) in [5.41, 5.74) is 4.00. The van der Waals surface area contributed by atoms with E-state index in [-0.39, 0.29) is 16.8 Å². The van der Waals surface area contributed by atoms with E-state index >= 15 is 0 Å². The third-order valence-electron chi connectivity index (χ3n) is 6.60. The minimum Gasteiger partial charge on any atom is -0.503 e. The van der Waals surface area contributed by atoms with E-state index in [1.807, 2.05) is 84.9 Å². The number of Topliss-reactive ketones (excluding diaryl/α,β-unsaturated/α-hetero) is 1. The van der Waals surface area contributed by atoms with E-state index in [4.69, 9.17) is 0 Å². The van der Waals surface area contributed by atoms with Crippen molar-refractivity contribution in [2.45, 2.75) is 39.2 Å². The van der Waals surface area contributed by atoms with Crippen molar-refractivity contribution in [3.63, 3.8) is 0 Å². The Morgan fingerprint density at radius 1 is 0.919 bits per heavy atom. The zero-order valence-corrected chi connectivity index (χ0v) is 22.0. The SMILES string of the molecule is Cc1nc(-c2ccccc2)sc1C(=O)C1=C(O)C(=O)N(c2ccc(C(C)(C)C)cc2)C1c1ccccc1. The minimum absolute atomic E-state index is 0.0476. The second-order valence-corrected chi connectivity index (χ2v) is 11.2. The third-order valence-corrected chi connectivity index (χ3v) is 7.81. The van der Waals surface area contributed by atoms with Crippen molar-refractivity contribution >= 4 is 28.7 Å². The number of hydrogen-bond donors (Lipinski definition) is 1. The molecule has 186 valence electrons. The summed E-state index contributed by atoms with van der Waals surface area (Å²) in [6.45, 7) is 8.16. The number of ketones is 1. The standard InChI is InChI=1S/C31H28N2O3S/c1-19-28(37-29(32-19)21-13-9-6-10-14-21)26(34)24-25(20-11-7-5-8-12-20)33(30(36)27(24)35)23-17-15-22(16-18-23)31(2,3)4/h5-18,25,35H,1-4H3. The Kier molecular flexibility index (Phi) is 6.30. The predicted octanol–water partition coefficient (Wildman–Crippen LogP) is 7.20. The Hall–Kier alpha value is -4.03. The molecular weight excluding hydrogens is 480 g/mol. The van der Waals surface area contributed by atoms with Crippen molar-refractivity contribution in [1.82, 2.24) is 4.98 Å². The van der Waals surface area contributed by atoms with E-state index < -0.39 is 17.7 Å². The summed E-state index contributed by atoms with van der Waals surface area (Å²) in [5.74, 6) is -1.50. The molecule has 0 aliphatic carbocycles. The molecule has 3 aromatic carbocycles. The molecule has 1 atom stereocenters.